The first kappa shape index (κ1) is 12.9. The van der Waals surface area contributed by atoms with Gasteiger partial charge in [-0.15, -0.1) is 0 Å². The minimum absolute atomic E-state index is 0.110. The van der Waals surface area contributed by atoms with Crippen LogP contribution in [0.5, 0.6) is 5.75 Å². The van der Waals surface area contributed by atoms with Crippen molar-refractivity contribution in [3.05, 3.63) is 27.3 Å². The minimum Gasteiger partial charge on any atom is -0.490 e. The number of rotatable bonds is 3. The zero-order chi connectivity index (χ0) is 13.1. The summed E-state index contributed by atoms with van der Waals surface area (Å²) in [5, 5.41) is 14.5. The molecule has 0 aromatic heterocycles. The molecule has 7 heteroatoms. The molecule has 1 aliphatic heterocycles. The number of methoxy groups -OCH3 is 1. The lowest BCUT2D eigenvalue weighted by molar-refractivity contribution is -0.385. The SMILES string of the molecule is COc1cc(N2CCNCC2)c(Cl)cc1[N+](=O)[O-]. The third kappa shape index (κ3) is 2.49. The van der Waals surface area contributed by atoms with E-state index in [2.05, 4.69) is 10.2 Å². The van der Waals surface area contributed by atoms with Crippen molar-refractivity contribution in [1.29, 1.82) is 0 Å². The van der Waals surface area contributed by atoms with Crippen molar-refractivity contribution in [2.45, 2.75) is 0 Å². The zero-order valence-electron chi connectivity index (χ0n) is 9.98. The first-order chi connectivity index (χ1) is 8.63. The summed E-state index contributed by atoms with van der Waals surface area (Å²) in [5.74, 6) is 0.234. The van der Waals surface area contributed by atoms with Crippen molar-refractivity contribution in [3.8, 4) is 5.75 Å². The molecule has 1 aromatic rings. The van der Waals surface area contributed by atoms with E-state index in [1.165, 1.54) is 13.2 Å². The molecular weight excluding hydrogens is 258 g/mol. The Bertz CT molecular complexity index is 461. The molecule has 0 bridgehead atoms. The molecule has 18 heavy (non-hydrogen) atoms. The number of hydrogen-bond donors (Lipinski definition) is 1. The fourth-order valence-electron chi connectivity index (χ4n) is 1.99. The lowest BCUT2D eigenvalue weighted by atomic mass is 10.2. The maximum absolute atomic E-state index is 10.9. The molecule has 1 N–H and O–H groups in total. The molecule has 1 aliphatic rings. The molecule has 0 atom stereocenters. The Morgan fingerprint density at radius 2 is 2.11 bits per heavy atom. The van der Waals surface area contributed by atoms with Crippen LogP contribution in [0.2, 0.25) is 5.02 Å². The number of nitrogens with one attached hydrogen (secondary N) is 1. The summed E-state index contributed by atoms with van der Waals surface area (Å²) in [4.78, 5) is 12.5. The second kappa shape index (κ2) is 5.41. The average molecular weight is 272 g/mol. The number of nitrogens with zero attached hydrogens (tertiary/aromatic N) is 2. The van der Waals surface area contributed by atoms with Gasteiger partial charge in [-0.1, -0.05) is 11.6 Å². The molecule has 0 radical (unpaired) electrons. The summed E-state index contributed by atoms with van der Waals surface area (Å²) in [6.07, 6.45) is 0. The Hall–Kier alpha value is -1.53. The average Bonchev–Trinajstić information content (AvgIpc) is 2.39. The second-order valence-corrected chi connectivity index (χ2v) is 4.38. The molecule has 0 unspecified atom stereocenters. The van der Waals surface area contributed by atoms with Crippen LogP contribution in [-0.2, 0) is 0 Å². The molecule has 2 rings (SSSR count). The zero-order valence-corrected chi connectivity index (χ0v) is 10.7. The summed E-state index contributed by atoms with van der Waals surface area (Å²) < 4.78 is 5.05. The predicted octanol–water partition coefficient (Wildman–Crippen LogP) is 1.67. The highest BCUT2D eigenvalue weighted by molar-refractivity contribution is 6.33. The normalized spacial score (nSPS) is 15.6. The third-order valence-corrected chi connectivity index (χ3v) is 3.21. The molecule has 1 aromatic carbocycles. The van der Waals surface area contributed by atoms with E-state index in [9.17, 15) is 10.1 Å². The topological polar surface area (TPSA) is 67.6 Å². The van der Waals surface area contributed by atoms with Crippen LogP contribution in [0.3, 0.4) is 0 Å². The second-order valence-electron chi connectivity index (χ2n) is 3.97. The van der Waals surface area contributed by atoms with Gasteiger partial charge in [-0.2, -0.15) is 0 Å². The molecule has 1 saturated heterocycles. The first-order valence-corrected chi connectivity index (χ1v) is 5.99. The molecule has 0 spiro atoms. The molecule has 1 fully saturated rings. The summed E-state index contributed by atoms with van der Waals surface area (Å²) in [5.41, 5.74) is 0.669. The van der Waals surface area contributed by atoms with Crippen LogP contribution >= 0.6 is 11.6 Å². The summed E-state index contributed by atoms with van der Waals surface area (Å²) in [6, 6.07) is 2.98. The van der Waals surface area contributed by atoms with Gasteiger partial charge in [0, 0.05) is 38.3 Å². The van der Waals surface area contributed by atoms with E-state index in [0.717, 1.165) is 31.9 Å². The van der Waals surface area contributed by atoms with Gasteiger partial charge in [0.2, 0.25) is 0 Å². The molecule has 0 amide bonds. The molecule has 0 saturated carbocycles. The first-order valence-electron chi connectivity index (χ1n) is 5.61. The number of halogens is 1. The van der Waals surface area contributed by atoms with Crippen molar-refractivity contribution in [2.75, 3.05) is 38.2 Å². The van der Waals surface area contributed by atoms with Crippen molar-refractivity contribution >= 4 is 23.0 Å². The largest absolute Gasteiger partial charge is 0.490 e. The number of piperazine rings is 1. The van der Waals surface area contributed by atoms with Gasteiger partial charge in [0.15, 0.2) is 5.75 Å². The van der Waals surface area contributed by atoms with E-state index in [1.54, 1.807) is 6.07 Å². The van der Waals surface area contributed by atoms with E-state index >= 15 is 0 Å². The fraction of sp³-hybridized carbons (Fsp3) is 0.455. The van der Waals surface area contributed by atoms with Crippen LogP contribution in [0.1, 0.15) is 0 Å². The fourth-order valence-corrected chi connectivity index (χ4v) is 2.26. The third-order valence-electron chi connectivity index (χ3n) is 2.90. The van der Waals surface area contributed by atoms with Gasteiger partial charge in [-0.3, -0.25) is 10.1 Å². The van der Waals surface area contributed by atoms with Gasteiger partial charge >= 0.3 is 5.69 Å². The van der Waals surface area contributed by atoms with E-state index < -0.39 is 4.92 Å². The molecule has 0 aliphatic carbocycles. The molecule has 6 nitrogen and oxygen atoms in total. The van der Waals surface area contributed by atoms with E-state index in [0.29, 0.717) is 5.02 Å². The maximum Gasteiger partial charge on any atom is 0.312 e. The predicted molar refractivity (Wildman–Crippen MR) is 69.7 cm³/mol. The van der Waals surface area contributed by atoms with Crippen LogP contribution < -0.4 is 15.0 Å². The van der Waals surface area contributed by atoms with Gasteiger partial charge in [-0.25, -0.2) is 0 Å². The van der Waals surface area contributed by atoms with Gasteiger partial charge in [0.1, 0.15) is 0 Å². The van der Waals surface area contributed by atoms with Crippen molar-refractivity contribution < 1.29 is 9.66 Å². The van der Waals surface area contributed by atoms with Gasteiger partial charge in [0.25, 0.3) is 0 Å². The maximum atomic E-state index is 10.9. The smallest absolute Gasteiger partial charge is 0.312 e. The molecular formula is C11H14ClN3O3. The van der Waals surface area contributed by atoms with Crippen LogP contribution in [0.15, 0.2) is 12.1 Å². The lowest BCUT2D eigenvalue weighted by Crippen LogP contribution is -2.43. The summed E-state index contributed by atoms with van der Waals surface area (Å²) in [6.45, 7) is 3.38. The number of benzene rings is 1. The number of hydrogen-bond acceptors (Lipinski definition) is 5. The number of anilines is 1. The standard InChI is InChI=1S/C11H14ClN3O3/c1-18-11-7-9(14-4-2-13-3-5-14)8(12)6-10(11)15(16)17/h6-7,13H,2-5H2,1H3. The Morgan fingerprint density at radius 1 is 1.44 bits per heavy atom. The number of nitro benzene ring substituents is 1. The van der Waals surface area contributed by atoms with Crippen LogP contribution in [0, 0.1) is 10.1 Å². The van der Waals surface area contributed by atoms with Crippen LogP contribution in [0.4, 0.5) is 11.4 Å². The van der Waals surface area contributed by atoms with Crippen molar-refractivity contribution in [2.24, 2.45) is 0 Å². The van der Waals surface area contributed by atoms with E-state index in [-0.39, 0.29) is 11.4 Å². The molecule has 1 heterocycles. The Kier molecular flexibility index (Phi) is 3.88. The highest BCUT2D eigenvalue weighted by Crippen LogP contribution is 2.37. The van der Waals surface area contributed by atoms with Crippen molar-refractivity contribution in [3.63, 3.8) is 0 Å². The summed E-state index contributed by atoms with van der Waals surface area (Å²) in [7, 11) is 1.41. The Balaban J connectivity index is 2.39. The molecule has 98 valence electrons. The monoisotopic (exact) mass is 271 g/mol. The number of ether oxygens (including phenoxy) is 1. The Labute approximate surface area is 110 Å². The lowest BCUT2D eigenvalue weighted by Gasteiger charge is -2.30. The van der Waals surface area contributed by atoms with E-state index in [4.69, 9.17) is 16.3 Å². The van der Waals surface area contributed by atoms with Gasteiger partial charge in [-0.05, 0) is 0 Å². The van der Waals surface area contributed by atoms with Crippen molar-refractivity contribution in [1.82, 2.24) is 5.32 Å². The van der Waals surface area contributed by atoms with E-state index in [1.807, 2.05) is 0 Å². The summed E-state index contributed by atoms with van der Waals surface area (Å²) >= 11 is 6.11. The van der Waals surface area contributed by atoms with Crippen LogP contribution in [-0.4, -0.2) is 38.2 Å². The minimum atomic E-state index is -0.494. The van der Waals surface area contributed by atoms with Gasteiger partial charge < -0.3 is 15.0 Å². The van der Waals surface area contributed by atoms with Crippen LogP contribution in [0.25, 0.3) is 0 Å². The van der Waals surface area contributed by atoms with Gasteiger partial charge in [0.05, 0.1) is 22.7 Å². The number of nitro groups is 1. The highest BCUT2D eigenvalue weighted by atomic mass is 35.5. The Morgan fingerprint density at radius 3 is 2.67 bits per heavy atom. The highest BCUT2D eigenvalue weighted by Gasteiger charge is 2.21. The quantitative estimate of drug-likeness (QED) is 0.669.